The van der Waals surface area contributed by atoms with Gasteiger partial charge in [-0.15, -0.1) is 15.8 Å². The Morgan fingerprint density at radius 2 is 0.504 bits per heavy atom. The summed E-state index contributed by atoms with van der Waals surface area (Å²) in [6.07, 6.45) is 49.9. The van der Waals surface area contributed by atoms with Crippen LogP contribution in [0.4, 0.5) is 0 Å². The SMILES string of the molecule is C1CCCC1.C1CCCC1.C1CCCC1.C1CCCC1.CCP(CC)C1CCCC1[C@@H](C)P(c1ccccc1C)c1ccccc1C.C[C@H](C1CCCC1P(C(C)(C)C)C(C)(C)C)P(c1ccccc1)c1ccccc1.C[C@H](C1CCCC1P(c1ccccc1)c1ccccc1)P(C(C)(C)C)C(C)(C)C.Cc1cc(C)cc(P(c2cc(C)cc(C)c2)[C@H](C)C2CCCC2P(C)C(C)(C)C)c1.[Fe].[Fe].[Fe].[Fe]. The first kappa shape index (κ1) is 129. The molecule has 0 bridgehead atoms. The number of aryl methyl sites for hydroxylation is 6. The smallest absolute Gasteiger partial charge is 0 e. The van der Waals surface area contributed by atoms with Crippen LogP contribution in [-0.2, 0) is 68.3 Å². The maximum Gasteiger partial charge on any atom is 0 e. The van der Waals surface area contributed by atoms with Gasteiger partial charge in [-0.2, -0.15) is 0 Å². The molecular weight excluding hydrogens is 2000 g/mol. The van der Waals surface area contributed by atoms with E-state index in [1.807, 2.05) is 0 Å². The molecular formula is C127H198Fe4P8. The van der Waals surface area contributed by atoms with Crippen LogP contribution in [0.25, 0.3) is 0 Å². The molecule has 0 nitrogen and oxygen atoms in total. The molecule has 0 amide bonds. The molecule has 0 aromatic heterocycles. The van der Waals surface area contributed by atoms with Gasteiger partial charge in [0.2, 0.25) is 0 Å². The van der Waals surface area contributed by atoms with Gasteiger partial charge in [-0.1, -0.05) is 544 Å². The van der Waals surface area contributed by atoms with E-state index in [-0.39, 0.29) is 132 Å². The molecule has 9 unspecified atom stereocenters. The van der Waals surface area contributed by atoms with Crippen molar-refractivity contribution in [2.24, 2.45) is 23.7 Å². The summed E-state index contributed by atoms with van der Waals surface area (Å²) < 4.78 is 0. The van der Waals surface area contributed by atoms with Crippen molar-refractivity contribution < 1.29 is 68.3 Å². The Bertz CT molecular complexity index is 4290. The van der Waals surface area contributed by atoms with Crippen LogP contribution in [0.5, 0.6) is 0 Å². The van der Waals surface area contributed by atoms with E-state index in [2.05, 4.69) is 400 Å². The van der Waals surface area contributed by atoms with Crippen molar-refractivity contribution >= 4 is 106 Å². The molecule has 0 saturated heterocycles. The third-order valence-corrected chi connectivity index (χ3v) is 58.7. The molecule has 0 radical (unpaired) electrons. The number of hydrogen-bond donors (Lipinski definition) is 0. The van der Waals surface area contributed by atoms with Crippen LogP contribution < -0.4 is 42.4 Å². The summed E-state index contributed by atoms with van der Waals surface area (Å²) in [4.78, 5) is 0. The van der Waals surface area contributed by atoms with Crippen molar-refractivity contribution in [2.45, 2.75) is 463 Å². The van der Waals surface area contributed by atoms with Crippen molar-refractivity contribution in [1.29, 1.82) is 0 Å². The average Bonchev–Trinajstić information content (AvgIpc) is 1.74. The van der Waals surface area contributed by atoms with Crippen LogP contribution in [0.15, 0.2) is 206 Å². The van der Waals surface area contributed by atoms with Gasteiger partial charge in [0.05, 0.1) is 0 Å². The number of hydrogen-bond acceptors (Lipinski definition) is 0. The molecule has 8 aliphatic carbocycles. The fourth-order valence-corrected chi connectivity index (χ4v) is 55.2. The van der Waals surface area contributed by atoms with Gasteiger partial charge in [0.15, 0.2) is 0 Å². The summed E-state index contributed by atoms with van der Waals surface area (Å²) in [5.74, 6) is 3.44. The molecule has 0 heterocycles. The monoisotopic (exact) mass is 2200 g/mol. The van der Waals surface area contributed by atoms with Gasteiger partial charge in [-0.05, 0) is 292 Å². The number of rotatable bonds is 22. The predicted molar refractivity (Wildman–Crippen MR) is 633 cm³/mol. The molecule has 13 atom stereocenters. The Balaban J connectivity index is 0.000000302. The summed E-state index contributed by atoms with van der Waals surface area (Å²) in [5.41, 5.74) is 15.2. The van der Waals surface area contributed by atoms with E-state index in [9.17, 15) is 0 Å². The van der Waals surface area contributed by atoms with Crippen molar-refractivity contribution in [3.8, 4) is 0 Å². The zero-order chi connectivity index (χ0) is 98.2. The summed E-state index contributed by atoms with van der Waals surface area (Å²) >= 11 is 0. The zero-order valence-corrected chi connectivity index (χ0v) is 105. The molecule has 0 spiro atoms. The fraction of sp³-hybridized carbons (Fsp3) is 0.622. The van der Waals surface area contributed by atoms with Gasteiger partial charge >= 0.3 is 0 Å². The molecule has 139 heavy (non-hydrogen) atoms. The molecule has 0 aliphatic heterocycles. The first-order valence-electron chi connectivity index (χ1n) is 55.0. The second kappa shape index (κ2) is 64.2. The van der Waals surface area contributed by atoms with E-state index < -0.39 is 0 Å². The zero-order valence-electron chi connectivity index (χ0n) is 93.1. The maximum absolute atomic E-state index is 2.61. The quantitative estimate of drug-likeness (QED) is 0.0469. The van der Waals surface area contributed by atoms with E-state index in [4.69, 9.17) is 0 Å². The van der Waals surface area contributed by atoms with E-state index in [0.717, 1.165) is 68.9 Å². The van der Waals surface area contributed by atoms with Crippen LogP contribution >= 0.6 is 63.4 Å². The van der Waals surface area contributed by atoms with Gasteiger partial charge in [-0.3, -0.25) is 0 Å². The van der Waals surface area contributed by atoms with Crippen molar-refractivity contribution in [1.82, 2.24) is 0 Å². The maximum atomic E-state index is 2.61. The van der Waals surface area contributed by atoms with Crippen LogP contribution in [0.3, 0.4) is 0 Å². The van der Waals surface area contributed by atoms with E-state index in [1.54, 1.807) is 42.4 Å². The van der Waals surface area contributed by atoms with Gasteiger partial charge < -0.3 is 0 Å². The largest absolute Gasteiger partial charge is 0.104 e. The Morgan fingerprint density at radius 1 is 0.252 bits per heavy atom. The van der Waals surface area contributed by atoms with Gasteiger partial charge in [-0.25, -0.2) is 0 Å². The van der Waals surface area contributed by atoms with E-state index in [1.165, 1.54) is 251 Å². The minimum absolute atomic E-state index is 0. The molecule has 778 valence electrons. The van der Waals surface area contributed by atoms with Crippen molar-refractivity contribution in [3.63, 3.8) is 0 Å². The Labute approximate surface area is 911 Å². The standard InChI is InChI=1S/C28H42P2.2C27H40P2.C25H36P2.4C5H10.4Fe/c1-19-13-20(2)16-24(15-19)30(25-17-21(3)14-22(4)18-25)23(5)26-11-10-12-27(26)29(9)28(6,7)8;1-21(29(26(2,3)4)27(5,6)7)24-19-14-20-25(24)28(22-15-10-8-11-16-22)23-17-12-9-13-18-23;1-21(24-19-14-20-25(24)29(26(2,3)4)27(5,6)7)28(22-15-10-8-11-16-22)23-17-12-9-13-18-23;1-6-26(7-2)25-18-12-15-22(25)21(5)27(23-16-10-8-13-19(23)3)24-17-11-9-14-20(24)4;4*1-2-4-5-3-1;;;;/h13-18,23,26-27H,10-12H2,1-9H3;2*8-13,15-18,21,24-25H,14,19-20H2,1-7H3;8-11,13-14,16-17,21-22,25H,6-7,12,15,18H2,1-5H3;4*1-5H2;;;;/t23-,26?,27?,29?;2*21-,24?,25?;21-,22?,25?;;;;;;;;/m1111......../s1. The normalized spacial score (nSPS) is 21.3. The third kappa shape index (κ3) is 39.8. The van der Waals surface area contributed by atoms with Crippen LogP contribution in [0.1, 0.15) is 384 Å². The molecule has 8 aliphatic rings. The predicted octanol–water partition coefficient (Wildman–Crippen LogP) is 37.9. The summed E-state index contributed by atoms with van der Waals surface area (Å²) in [5, 5.41) is 14.6. The molecule has 8 aromatic rings. The molecule has 8 fully saturated rings. The fourth-order valence-electron chi connectivity index (χ4n) is 26.0. The average molecular weight is 2200 g/mol. The van der Waals surface area contributed by atoms with Gasteiger partial charge in [0.25, 0.3) is 0 Å². The van der Waals surface area contributed by atoms with Crippen LogP contribution in [-0.4, -0.2) is 90.0 Å². The van der Waals surface area contributed by atoms with Crippen LogP contribution in [0, 0.1) is 65.2 Å². The topological polar surface area (TPSA) is 0 Å². The van der Waals surface area contributed by atoms with Crippen LogP contribution in [0.2, 0.25) is 0 Å². The van der Waals surface area contributed by atoms with Crippen molar-refractivity contribution in [2.75, 3.05) is 19.0 Å². The van der Waals surface area contributed by atoms with Gasteiger partial charge in [0, 0.05) is 68.3 Å². The molecule has 0 N–H and O–H groups in total. The second-order valence-electron chi connectivity index (χ2n) is 47.2. The minimum Gasteiger partial charge on any atom is -0.104 e. The van der Waals surface area contributed by atoms with Crippen molar-refractivity contribution in [3.05, 3.63) is 240 Å². The Kier molecular flexibility index (Phi) is 59.5. The van der Waals surface area contributed by atoms with E-state index >= 15 is 0 Å². The molecule has 16 rings (SSSR count). The summed E-state index contributed by atoms with van der Waals surface area (Å²) in [6.45, 7) is 68.8. The van der Waals surface area contributed by atoms with E-state index in [0.29, 0.717) is 25.8 Å². The first-order chi connectivity index (χ1) is 64.3. The Morgan fingerprint density at radius 3 is 0.799 bits per heavy atom. The summed E-state index contributed by atoms with van der Waals surface area (Å²) in [6, 6.07) is 78.4. The molecule has 8 aromatic carbocycles. The second-order valence-corrected chi connectivity index (χ2v) is 72.0. The molecule has 12 heteroatoms. The minimum atomic E-state index is -0.365. The third-order valence-electron chi connectivity index (χ3n) is 31.5. The molecule has 8 saturated carbocycles. The number of benzene rings is 8. The van der Waals surface area contributed by atoms with Gasteiger partial charge in [0.1, 0.15) is 0 Å². The summed E-state index contributed by atoms with van der Waals surface area (Å²) in [7, 11) is -1.26. The first-order valence-corrected chi connectivity index (χ1v) is 67.1. The Hall–Kier alpha value is -0.722.